The van der Waals surface area contributed by atoms with Crippen LogP contribution in [0.15, 0.2) is 82.4 Å². The number of amides is 1. The predicted octanol–water partition coefficient (Wildman–Crippen LogP) is 5.58. The van der Waals surface area contributed by atoms with Crippen molar-refractivity contribution < 1.29 is 9.21 Å². The van der Waals surface area contributed by atoms with Crippen molar-refractivity contribution in [1.29, 1.82) is 0 Å². The smallest absolute Gasteiger partial charge is 0.251 e. The van der Waals surface area contributed by atoms with E-state index >= 15 is 0 Å². The zero-order valence-electron chi connectivity index (χ0n) is 17.5. The number of pyridine rings is 1. The molecule has 2 aromatic carbocycles. The summed E-state index contributed by atoms with van der Waals surface area (Å²) in [7, 11) is 0. The van der Waals surface area contributed by atoms with Crippen molar-refractivity contribution in [3.05, 3.63) is 101 Å². The summed E-state index contributed by atoms with van der Waals surface area (Å²) in [5.41, 5.74) is 4.57. The number of carbonyl (C=O) groups excluding carboxylic acids is 1. The lowest BCUT2D eigenvalue weighted by molar-refractivity contribution is 0.0951. The molecule has 1 N–H and O–H groups in total. The van der Waals surface area contributed by atoms with E-state index in [1.165, 1.54) is 10.5 Å². The van der Waals surface area contributed by atoms with Crippen LogP contribution in [0.25, 0.3) is 11.5 Å². The number of carbonyl (C=O) groups is 1. The van der Waals surface area contributed by atoms with E-state index in [-0.39, 0.29) is 5.91 Å². The first-order chi connectivity index (χ1) is 15.1. The van der Waals surface area contributed by atoms with Gasteiger partial charge in [0.05, 0.1) is 5.69 Å². The molecule has 0 radical (unpaired) electrons. The number of nitrogens with one attached hydrogen (secondary N) is 1. The second kappa shape index (κ2) is 9.62. The average Bonchev–Trinajstić information content (AvgIpc) is 3.18. The van der Waals surface area contributed by atoms with Gasteiger partial charge in [-0.05, 0) is 61.9 Å². The molecule has 156 valence electrons. The summed E-state index contributed by atoms with van der Waals surface area (Å²) in [5.74, 6) is 1.99. The molecule has 0 aliphatic heterocycles. The molecule has 0 aliphatic carbocycles. The van der Waals surface area contributed by atoms with Crippen LogP contribution in [0.4, 0.5) is 0 Å². The van der Waals surface area contributed by atoms with Crippen molar-refractivity contribution in [3.63, 3.8) is 0 Å². The van der Waals surface area contributed by atoms with Crippen LogP contribution < -0.4 is 5.32 Å². The zero-order chi connectivity index (χ0) is 21.6. The van der Waals surface area contributed by atoms with Crippen molar-refractivity contribution in [3.8, 4) is 11.5 Å². The molecule has 0 aliphatic rings. The van der Waals surface area contributed by atoms with Crippen LogP contribution in [0.1, 0.15) is 32.9 Å². The molecule has 2 heterocycles. The Hall–Kier alpha value is -3.38. The van der Waals surface area contributed by atoms with Gasteiger partial charge in [0.25, 0.3) is 5.91 Å². The summed E-state index contributed by atoms with van der Waals surface area (Å²) >= 11 is 1.74. The molecule has 0 bridgehead atoms. The van der Waals surface area contributed by atoms with E-state index in [1.54, 1.807) is 36.3 Å². The Labute approximate surface area is 185 Å². The topological polar surface area (TPSA) is 68.0 Å². The largest absolute Gasteiger partial charge is 0.441 e. The Balaban J connectivity index is 1.38. The Morgan fingerprint density at radius 3 is 2.52 bits per heavy atom. The maximum absolute atomic E-state index is 12.4. The number of benzene rings is 2. The highest BCUT2D eigenvalue weighted by Gasteiger charge is 2.13. The molecular formula is C25H23N3O2S. The van der Waals surface area contributed by atoms with Crippen molar-refractivity contribution in [2.24, 2.45) is 0 Å². The SMILES string of the molecule is Cc1ccc(SCc2nc(-c3ccc(C(=O)NCc4cccnc4)cc3)oc2C)cc1. The number of hydrogen-bond donors (Lipinski definition) is 1. The van der Waals surface area contributed by atoms with Crippen LogP contribution in [-0.2, 0) is 12.3 Å². The number of rotatable bonds is 7. The second-order valence-electron chi connectivity index (χ2n) is 7.24. The van der Waals surface area contributed by atoms with Gasteiger partial charge < -0.3 is 9.73 Å². The summed E-state index contributed by atoms with van der Waals surface area (Å²) in [6.45, 7) is 4.45. The van der Waals surface area contributed by atoms with E-state index in [0.29, 0.717) is 18.0 Å². The molecule has 4 aromatic rings. The maximum atomic E-state index is 12.4. The van der Waals surface area contributed by atoms with Gasteiger partial charge in [-0.2, -0.15) is 0 Å². The predicted molar refractivity (Wildman–Crippen MR) is 123 cm³/mol. The Morgan fingerprint density at radius 1 is 1.03 bits per heavy atom. The van der Waals surface area contributed by atoms with Gasteiger partial charge in [-0.1, -0.05) is 23.8 Å². The molecule has 31 heavy (non-hydrogen) atoms. The average molecular weight is 430 g/mol. The maximum Gasteiger partial charge on any atom is 0.251 e. The third kappa shape index (κ3) is 5.41. The molecule has 0 unspecified atom stereocenters. The minimum atomic E-state index is -0.130. The van der Waals surface area contributed by atoms with Crippen molar-refractivity contribution in [1.82, 2.24) is 15.3 Å². The quantitative estimate of drug-likeness (QED) is 0.389. The molecule has 0 saturated carbocycles. The zero-order valence-corrected chi connectivity index (χ0v) is 18.3. The number of aromatic nitrogens is 2. The standard InChI is InChI=1S/C25H23N3O2S/c1-17-5-11-22(12-6-17)31-16-23-18(2)30-25(28-23)21-9-7-20(8-10-21)24(29)27-15-19-4-3-13-26-14-19/h3-14H,15-16H2,1-2H3,(H,27,29). The van der Waals surface area contributed by atoms with E-state index in [1.807, 2.05) is 31.2 Å². The van der Waals surface area contributed by atoms with Crippen LogP contribution in [0.2, 0.25) is 0 Å². The van der Waals surface area contributed by atoms with Crippen LogP contribution in [0, 0.1) is 13.8 Å². The molecule has 2 aromatic heterocycles. The Bertz CT molecular complexity index is 1150. The fourth-order valence-corrected chi connectivity index (χ4v) is 3.92. The molecule has 0 saturated heterocycles. The fourth-order valence-electron chi connectivity index (χ4n) is 3.02. The molecule has 4 rings (SSSR count). The summed E-state index contributed by atoms with van der Waals surface area (Å²) in [4.78, 5) is 22.3. The molecule has 0 spiro atoms. The van der Waals surface area contributed by atoms with Crippen LogP contribution >= 0.6 is 11.8 Å². The van der Waals surface area contributed by atoms with E-state index < -0.39 is 0 Å². The fraction of sp³-hybridized carbons (Fsp3) is 0.160. The number of nitrogens with zero attached hydrogens (tertiary/aromatic N) is 2. The summed E-state index contributed by atoms with van der Waals surface area (Å²) in [5, 5.41) is 2.90. The minimum absolute atomic E-state index is 0.130. The number of hydrogen-bond acceptors (Lipinski definition) is 5. The first kappa shape index (κ1) is 20.9. The number of thioether (sulfide) groups is 1. The van der Waals surface area contributed by atoms with Gasteiger partial charge in [-0.3, -0.25) is 9.78 Å². The van der Waals surface area contributed by atoms with Crippen molar-refractivity contribution >= 4 is 17.7 Å². The van der Waals surface area contributed by atoms with Crippen LogP contribution in [0.3, 0.4) is 0 Å². The highest BCUT2D eigenvalue weighted by molar-refractivity contribution is 7.98. The van der Waals surface area contributed by atoms with E-state index in [2.05, 4.69) is 46.5 Å². The van der Waals surface area contributed by atoms with Gasteiger partial charge in [-0.25, -0.2) is 4.98 Å². The summed E-state index contributed by atoms with van der Waals surface area (Å²) < 4.78 is 5.88. The summed E-state index contributed by atoms with van der Waals surface area (Å²) in [6.07, 6.45) is 3.45. The highest BCUT2D eigenvalue weighted by Crippen LogP contribution is 2.28. The third-order valence-corrected chi connectivity index (χ3v) is 5.88. The van der Waals surface area contributed by atoms with Crippen molar-refractivity contribution in [2.75, 3.05) is 0 Å². The highest BCUT2D eigenvalue weighted by atomic mass is 32.2. The van der Waals surface area contributed by atoms with Gasteiger partial charge in [0.15, 0.2) is 0 Å². The molecular weight excluding hydrogens is 406 g/mol. The van der Waals surface area contributed by atoms with Gasteiger partial charge in [-0.15, -0.1) is 11.8 Å². The van der Waals surface area contributed by atoms with E-state index in [4.69, 9.17) is 4.42 Å². The van der Waals surface area contributed by atoms with Gasteiger partial charge in [0.1, 0.15) is 5.76 Å². The minimum Gasteiger partial charge on any atom is -0.441 e. The first-order valence-electron chi connectivity index (χ1n) is 10.0. The molecule has 0 atom stereocenters. The van der Waals surface area contributed by atoms with E-state index in [9.17, 15) is 4.79 Å². The molecule has 0 fully saturated rings. The van der Waals surface area contributed by atoms with Crippen molar-refractivity contribution in [2.45, 2.75) is 31.0 Å². The number of oxazole rings is 1. The van der Waals surface area contributed by atoms with Gasteiger partial charge in [0, 0.05) is 40.7 Å². The monoisotopic (exact) mass is 429 g/mol. The third-order valence-electron chi connectivity index (χ3n) is 4.86. The van der Waals surface area contributed by atoms with Crippen LogP contribution in [-0.4, -0.2) is 15.9 Å². The Kier molecular flexibility index (Phi) is 6.48. The lowest BCUT2D eigenvalue weighted by atomic mass is 10.1. The molecule has 5 nitrogen and oxygen atoms in total. The van der Waals surface area contributed by atoms with Gasteiger partial charge in [0.2, 0.25) is 5.89 Å². The second-order valence-corrected chi connectivity index (χ2v) is 8.29. The first-order valence-corrected chi connectivity index (χ1v) is 11.0. The molecule has 1 amide bonds. The molecule has 6 heteroatoms. The Morgan fingerprint density at radius 2 is 1.81 bits per heavy atom. The van der Waals surface area contributed by atoms with Gasteiger partial charge >= 0.3 is 0 Å². The lowest BCUT2D eigenvalue weighted by Crippen LogP contribution is -2.22. The summed E-state index contributed by atoms with van der Waals surface area (Å²) in [6, 6.07) is 19.5. The lowest BCUT2D eigenvalue weighted by Gasteiger charge is -2.05. The number of aryl methyl sites for hydroxylation is 2. The normalized spacial score (nSPS) is 10.8. The van der Waals surface area contributed by atoms with E-state index in [0.717, 1.165) is 28.3 Å². The van der Waals surface area contributed by atoms with Crippen LogP contribution in [0.5, 0.6) is 0 Å².